The zero-order valence-corrected chi connectivity index (χ0v) is 11.5. The summed E-state index contributed by atoms with van der Waals surface area (Å²) in [5.41, 5.74) is 0. The molecule has 0 aliphatic rings. The summed E-state index contributed by atoms with van der Waals surface area (Å²) in [6.07, 6.45) is 3.45. The molecular formula is C13H28N2O2. The molecule has 0 rings (SSSR count). The molecule has 4 nitrogen and oxygen atoms in total. The van der Waals surface area contributed by atoms with E-state index in [9.17, 15) is 4.79 Å². The van der Waals surface area contributed by atoms with Crippen molar-refractivity contribution in [1.82, 2.24) is 10.6 Å². The Labute approximate surface area is 105 Å². The predicted molar refractivity (Wildman–Crippen MR) is 70.9 cm³/mol. The lowest BCUT2D eigenvalue weighted by atomic mass is 10.00. The first-order valence-corrected chi connectivity index (χ1v) is 6.74. The van der Waals surface area contributed by atoms with Gasteiger partial charge in [0.25, 0.3) is 0 Å². The number of amides is 1. The van der Waals surface area contributed by atoms with E-state index in [4.69, 9.17) is 5.11 Å². The summed E-state index contributed by atoms with van der Waals surface area (Å²) in [5.74, 6) is 0.501. The van der Waals surface area contributed by atoms with E-state index in [1.165, 1.54) is 0 Å². The fourth-order valence-electron chi connectivity index (χ4n) is 1.97. The SMILES string of the molecule is CCCC(CCO)CNC(=O)CC(C)NCC. The van der Waals surface area contributed by atoms with Crippen LogP contribution in [0.25, 0.3) is 0 Å². The average Bonchev–Trinajstić information content (AvgIpc) is 2.27. The minimum Gasteiger partial charge on any atom is -0.396 e. The number of carbonyl (C=O) groups is 1. The van der Waals surface area contributed by atoms with Crippen LogP contribution in [0.3, 0.4) is 0 Å². The largest absolute Gasteiger partial charge is 0.396 e. The van der Waals surface area contributed by atoms with Crippen LogP contribution in [0.15, 0.2) is 0 Å². The van der Waals surface area contributed by atoms with E-state index in [1.807, 2.05) is 13.8 Å². The summed E-state index contributed by atoms with van der Waals surface area (Å²) in [7, 11) is 0. The molecule has 0 aromatic carbocycles. The first-order valence-electron chi connectivity index (χ1n) is 6.74. The zero-order valence-electron chi connectivity index (χ0n) is 11.5. The van der Waals surface area contributed by atoms with Crippen molar-refractivity contribution < 1.29 is 9.90 Å². The molecule has 0 heterocycles. The van der Waals surface area contributed by atoms with Crippen molar-refractivity contribution in [3.63, 3.8) is 0 Å². The van der Waals surface area contributed by atoms with Crippen LogP contribution in [0.4, 0.5) is 0 Å². The molecule has 0 saturated heterocycles. The number of aliphatic hydroxyl groups is 1. The maximum atomic E-state index is 11.6. The van der Waals surface area contributed by atoms with Crippen molar-refractivity contribution in [3.05, 3.63) is 0 Å². The highest BCUT2D eigenvalue weighted by Gasteiger charge is 2.11. The maximum Gasteiger partial charge on any atom is 0.221 e. The van der Waals surface area contributed by atoms with Crippen LogP contribution in [0.2, 0.25) is 0 Å². The third-order valence-corrected chi connectivity index (χ3v) is 2.87. The number of hydrogen-bond acceptors (Lipinski definition) is 3. The van der Waals surface area contributed by atoms with Gasteiger partial charge in [-0.2, -0.15) is 0 Å². The van der Waals surface area contributed by atoms with Gasteiger partial charge in [0.1, 0.15) is 0 Å². The van der Waals surface area contributed by atoms with Crippen molar-refractivity contribution in [2.75, 3.05) is 19.7 Å². The molecule has 0 fully saturated rings. The van der Waals surface area contributed by atoms with Gasteiger partial charge in [0.05, 0.1) is 0 Å². The van der Waals surface area contributed by atoms with Gasteiger partial charge in [0.2, 0.25) is 5.91 Å². The first kappa shape index (κ1) is 16.4. The summed E-state index contributed by atoms with van der Waals surface area (Å²) < 4.78 is 0. The number of carbonyl (C=O) groups excluding carboxylic acids is 1. The van der Waals surface area contributed by atoms with E-state index in [-0.39, 0.29) is 18.6 Å². The quantitative estimate of drug-likeness (QED) is 0.542. The lowest BCUT2D eigenvalue weighted by Gasteiger charge is -2.17. The summed E-state index contributed by atoms with van der Waals surface area (Å²) in [6.45, 7) is 7.95. The fourth-order valence-corrected chi connectivity index (χ4v) is 1.97. The van der Waals surface area contributed by atoms with Crippen molar-refractivity contribution >= 4 is 5.91 Å². The van der Waals surface area contributed by atoms with Gasteiger partial charge in [-0.25, -0.2) is 0 Å². The van der Waals surface area contributed by atoms with Gasteiger partial charge in [-0.3, -0.25) is 4.79 Å². The van der Waals surface area contributed by atoms with Crippen LogP contribution in [0.5, 0.6) is 0 Å². The van der Waals surface area contributed by atoms with E-state index in [1.54, 1.807) is 0 Å². The summed E-state index contributed by atoms with van der Waals surface area (Å²) in [6, 6.07) is 0.225. The highest BCUT2D eigenvalue weighted by atomic mass is 16.3. The van der Waals surface area contributed by atoms with Gasteiger partial charge in [0, 0.05) is 25.6 Å². The number of hydrogen-bond donors (Lipinski definition) is 3. The van der Waals surface area contributed by atoms with Crippen LogP contribution >= 0.6 is 0 Å². The molecule has 2 unspecified atom stereocenters. The van der Waals surface area contributed by atoms with Crippen molar-refractivity contribution in [2.24, 2.45) is 5.92 Å². The smallest absolute Gasteiger partial charge is 0.221 e. The molecule has 0 aliphatic heterocycles. The number of rotatable bonds is 10. The molecule has 2 atom stereocenters. The van der Waals surface area contributed by atoms with Crippen LogP contribution in [0, 0.1) is 5.92 Å². The Morgan fingerprint density at radius 3 is 2.53 bits per heavy atom. The Morgan fingerprint density at radius 1 is 1.29 bits per heavy atom. The van der Waals surface area contributed by atoms with Gasteiger partial charge in [-0.05, 0) is 32.2 Å². The lowest BCUT2D eigenvalue weighted by molar-refractivity contribution is -0.121. The topological polar surface area (TPSA) is 61.4 Å². The highest BCUT2D eigenvalue weighted by molar-refractivity contribution is 5.76. The zero-order chi connectivity index (χ0) is 13.1. The summed E-state index contributed by atoms with van der Waals surface area (Å²) >= 11 is 0. The van der Waals surface area contributed by atoms with E-state index < -0.39 is 0 Å². The molecule has 102 valence electrons. The standard InChI is InChI=1S/C13H28N2O2/c1-4-6-12(7-8-16)10-15-13(17)9-11(3)14-5-2/h11-12,14,16H,4-10H2,1-3H3,(H,15,17). The van der Waals surface area contributed by atoms with Gasteiger partial charge < -0.3 is 15.7 Å². The number of nitrogens with one attached hydrogen (secondary N) is 2. The third-order valence-electron chi connectivity index (χ3n) is 2.87. The van der Waals surface area contributed by atoms with Crippen LogP contribution in [-0.2, 0) is 4.79 Å². The van der Waals surface area contributed by atoms with Gasteiger partial charge in [-0.15, -0.1) is 0 Å². The molecule has 3 N–H and O–H groups in total. The Kier molecular flexibility index (Phi) is 10.2. The van der Waals surface area contributed by atoms with Crippen LogP contribution in [-0.4, -0.2) is 36.8 Å². The normalized spacial score (nSPS) is 14.4. The second kappa shape index (κ2) is 10.5. The van der Waals surface area contributed by atoms with Crippen LogP contribution < -0.4 is 10.6 Å². The summed E-state index contributed by atoms with van der Waals surface area (Å²) in [4.78, 5) is 11.6. The van der Waals surface area contributed by atoms with Crippen molar-refractivity contribution in [1.29, 1.82) is 0 Å². The van der Waals surface area contributed by atoms with Crippen LogP contribution in [0.1, 0.15) is 46.5 Å². The minimum atomic E-state index is 0.0949. The molecule has 0 aliphatic carbocycles. The second-order valence-electron chi connectivity index (χ2n) is 4.63. The van der Waals surface area contributed by atoms with E-state index in [0.717, 1.165) is 25.8 Å². The molecule has 0 spiro atoms. The Morgan fingerprint density at radius 2 is 2.00 bits per heavy atom. The minimum absolute atomic E-state index is 0.0949. The molecule has 0 bridgehead atoms. The summed E-state index contributed by atoms with van der Waals surface area (Å²) in [5, 5.41) is 15.1. The van der Waals surface area contributed by atoms with Gasteiger partial charge >= 0.3 is 0 Å². The third kappa shape index (κ3) is 9.12. The van der Waals surface area contributed by atoms with Gasteiger partial charge in [0.15, 0.2) is 0 Å². The Bertz CT molecular complexity index is 192. The molecule has 0 saturated carbocycles. The van der Waals surface area contributed by atoms with E-state index in [0.29, 0.717) is 18.9 Å². The molecule has 4 heteroatoms. The number of aliphatic hydroxyl groups excluding tert-OH is 1. The molecule has 0 radical (unpaired) electrons. The highest BCUT2D eigenvalue weighted by Crippen LogP contribution is 2.09. The maximum absolute atomic E-state index is 11.6. The molecule has 0 aromatic rings. The lowest BCUT2D eigenvalue weighted by Crippen LogP contribution is -2.35. The van der Waals surface area contributed by atoms with Crippen molar-refractivity contribution in [2.45, 2.75) is 52.5 Å². The molecule has 1 amide bonds. The van der Waals surface area contributed by atoms with Crippen molar-refractivity contribution in [3.8, 4) is 0 Å². The van der Waals surface area contributed by atoms with Gasteiger partial charge in [-0.1, -0.05) is 20.3 Å². The Hall–Kier alpha value is -0.610. The van der Waals surface area contributed by atoms with E-state index >= 15 is 0 Å². The fraction of sp³-hybridized carbons (Fsp3) is 0.923. The first-order chi connectivity index (χ1) is 8.13. The second-order valence-corrected chi connectivity index (χ2v) is 4.63. The monoisotopic (exact) mass is 244 g/mol. The molecule has 0 aromatic heterocycles. The Balaban J connectivity index is 3.78. The predicted octanol–water partition coefficient (Wildman–Crippen LogP) is 1.29. The average molecular weight is 244 g/mol. The molecule has 17 heavy (non-hydrogen) atoms. The van der Waals surface area contributed by atoms with E-state index in [2.05, 4.69) is 17.6 Å². The molecular weight excluding hydrogens is 216 g/mol.